The molecule has 0 aromatic heterocycles. The summed E-state index contributed by atoms with van der Waals surface area (Å²) in [6.45, 7) is 0. The van der Waals surface area contributed by atoms with E-state index >= 15 is 0 Å². The first-order chi connectivity index (χ1) is 14.4. The predicted molar refractivity (Wildman–Crippen MR) is 105 cm³/mol. The van der Waals surface area contributed by atoms with Gasteiger partial charge in [-0.1, -0.05) is 30.3 Å². The van der Waals surface area contributed by atoms with E-state index in [-0.39, 0.29) is 22.5 Å². The van der Waals surface area contributed by atoms with Crippen molar-refractivity contribution in [1.29, 1.82) is 10.5 Å². The van der Waals surface area contributed by atoms with Gasteiger partial charge in [-0.15, -0.1) is 0 Å². The topological polar surface area (TPSA) is 146 Å². The second-order valence-corrected chi connectivity index (χ2v) is 5.57. The van der Waals surface area contributed by atoms with E-state index in [4.69, 9.17) is 10.5 Å². The fourth-order valence-corrected chi connectivity index (χ4v) is 2.33. The molecule has 0 aliphatic heterocycles. The smallest absolute Gasteiger partial charge is 0.306 e. The normalized spacial score (nSPS) is 9.30. The van der Waals surface area contributed by atoms with Crippen LogP contribution >= 0.6 is 0 Å². The van der Waals surface area contributed by atoms with Gasteiger partial charge in [-0.3, -0.25) is 20.2 Å². The number of nitrogens with one attached hydrogen (secondary N) is 1. The molecule has 0 unspecified atom stereocenters. The van der Waals surface area contributed by atoms with Gasteiger partial charge in [-0.25, -0.2) is 0 Å². The Kier molecular flexibility index (Phi) is 7.10. The number of benzene rings is 3. The van der Waals surface area contributed by atoms with E-state index in [9.17, 15) is 24.6 Å². The number of halogens is 1. The second kappa shape index (κ2) is 9.92. The van der Waals surface area contributed by atoms with Crippen LogP contribution in [-0.4, -0.2) is 9.85 Å². The summed E-state index contributed by atoms with van der Waals surface area (Å²) in [6, 6.07) is 20.3. The van der Waals surface area contributed by atoms with Gasteiger partial charge in [-0.05, 0) is 24.3 Å². The molecule has 30 heavy (non-hydrogen) atoms. The molecule has 0 heterocycles. The van der Waals surface area contributed by atoms with E-state index < -0.39 is 21.4 Å². The van der Waals surface area contributed by atoms with Gasteiger partial charge in [0.15, 0.2) is 0 Å². The molecule has 0 saturated carbocycles. The molecule has 3 aromatic rings. The first-order valence-corrected chi connectivity index (χ1v) is 8.21. The molecule has 0 spiro atoms. The SMILES string of the molecule is N#Cc1cccc([N+](=O)[O-])c1F.N#Cc1cccc([N+](=O)[O-])c1Nc1ccccc1. The number of nitrogens with zero attached hydrogens (tertiary/aromatic N) is 4. The molecule has 0 amide bonds. The maximum atomic E-state index is 12.9. The van der Waals surface area contributed by atoms with Crippen molar-refractivity contribution < 1.29 is 14.2 Å². The van der Waals surface area contributed by atoms with Crippen molar-refractivity contribution in [1.82, 2.24) is 0 Å². The van der Waals surface area contributed by atoms with Crippen molar-refractivity contribution in [3.63, 3.8) is 0 Å². The Morgan fingerprint density at radius 1 is 0.767 bits per heavy atom. The lowest BCUT2D eigenvalue weighted by atomic mass is 10.1. The third kappa shape index (κ3) is 5.12. The molecular formula is C20H12FN5O4. The summed E-state index contributed by atoms with van der Waals surface area (Å²) in [5.41, 5.74) is 0.0590. The van der Waals surface area contributed by atoms with Gasteiger partial charge >= 0.3 is 5.69 Å². The zero-order valence-electron chi connectivity index (χ0n) is 15.2. The molecule has 148 valence electrons. The minimum Gasteiger partial charge on any atom is -0.349 e. The summed E-state index contributed by atoms with van der Waals surface area (Å²) in [5.74, 6) is -1.08. The van der Waals surface area contributed by atoms with Crippen LogP contribution in [-0.2, 0) is 0 Å². The summed E-state index contributed by atoms with van der Waals surface area (Å²) in [6.07, 6.45) is 0. The molecule has 0 atom stereocenters. The Hall–Kier alpha value is -4.83. The Balaban J connectivity index is 0.000000232. The standard InChI is InChI=1S/C13H9N3O2.C7H3FN2O2/c14-9-10-5-4-8-12(16(17)18)13(10)15-11-6-2-1-3-7-11;8-7-5(4-9)2-1-3-6(7)10(11)12/h1-8,15H;1-3H. The largest absolute Gasteiger partial charge is 0.349 e. The molecule has 0 aliphatic rings. The Morgan fingerprint density at radius 2 is 1.30 bits per heavy atom. The van der Waals surface area contributed by atoms with Crippen LogP contribution in [0.3, 0.4) is 0 Å². The summed E-state index contributed by atoms with van der Waals surface area (Å²) < 4.78 is 12.9. The van der Waals surface area contributed by atoms with Crippen LogP contribution in [0.2, 0.25) is 0 Å². The Labute approximate surface area is 169 Å². The van der Waals surface area contributed by atoms with Gasteiger partial charge in [0.05, 0.1) is 21.0 Å². The molecule has 0 bridgehead atoms. The van der Waals surface area contributed by atoms with Crippen LogP contribution in [0.25, 0.3) is 0 Å². The molecule has 0 fully saturated rings. The van der Waals surface area contributed by atoms with Crippen molar-refractivity contribution in [2.45, 2.75) is 0 Å². The molecule has 3 rings (SSSR count). The van der Waals surface area contributed by atoms with Gasteiger partial charge in [-0.2, -0.15) is 14.9 Å². The van der Waals surface area contributed by atoms with Gasteiger partial charge in [0.1, 0.15) is 17.8 Å². The number of nitro benzene ring substituents is 2. The zero-order valence-corrected chi connectivity index (χ0v) is 15.2. The molecule has 10 heteroatoms. The van der Waals surface area contributed by atoms with Crippen LogP contribution in [0.1, 0.15) is 11.1 Å². The number of hydrogen-bond acceptors (Lipinski definition) is 7. The molecule has 0 saturated heterocycles. The molecular weight excluding hydrogens is 393 g/mol. The third-order valence-corrected chi connectivity index (χ3v) is 3.70. The van der Waals surface area contributed by atoms with Crippen LogP contribution < -0.4 is 5.32 Å². The molecule has 0 radical (unpaired) electrons. The number of hydrogen-bond donors (Lipinski definition) is 1. The quantitative estimate of drug-likeness (QED) is 0.484. The number of rotatable bonds is 4. The van der Waals surface area contributed by atoms with Crippen molar-refractivity contribution in [3.05, 3.63) is 104 Å². The first-order valence-electron chi connectivity index (χ1n) is 8.21. The lowest BCUT2D eigenvalue weighted by Crippen LogP contribution is -1.99. The van der Waals surface area contributed by atoms with Gasteiger partial charge in [0.25, 0.3) is 5.69 Å². The fraction of sp³-hybridized carbons (Fsp3) is 0. The van der Waals surface area contributed by atoms with Crippen molar-refractivity contribution in [3.8, 4) is 12.1 Å². The first kappa shape index (κ1) is 21.5. The fourth-order valence-electron chi connectivity index (χ4n) is 2.33. The lowest BCUT2D eigenvalue weighted by molar-refractivity contribution is -0.387. The number of nitro groups is 2. The van der Waals surface area contributed by atoms with E-state index in [0.717, 1.165) is 6.07 Å². The molecule has 9 nitrogen and oxygen atoms in total. The highest BCUT2D eigenvalue weighted by molar-refractivity contribution is 5.75. The van der Waals surface area contributed by atoms with Gasteiger partial charge < -0.3 is 5.32 Å². The number of para-hydroxylation sites is 2. The maximum absolute atomic E-state index is 12.9. The van der Waals surface area contributed by atoms with E-state index in [1.165, 1.54) is 36.4 Å². The Morgan fingerprint density at radius 3 is 1.83 bits per heavy atom. The Bertz CT molecular complexity index is 1170. The van der Waals surface area contributed by atoms with E-state index in [1.807, 2.05) is 24.3 Å². The van der Waals surface area contributed by atoms with Crippen LogP contribution in [0.5, 0.6) is 0 Å². The van der Waals surface area contributed by atoms with Crippen LogP contribution in [0.4, 0.5) is 27.1 Å². The van der Waals surface area contributed by atoms with Crippen LogP contribution in [0, 0.1) is 48.7 Å². The van der Waals surface area contributed by atoms with Crippen molar-refractivity contribution in [2.75, 3.05) is 5.32 Å². The second-order valence-electron chi connectivity index (χ2n) is 5.57. The number of nitriles is 2. The number of anilines is 2. The van der Waals surface area contributed by atoms with Gasteiger partial charge in [0.2, 0.25) is 5.82 Å². The zero-order chi connectivity index (χ0) is 22.1. The summed E-state index contributed by atoms with van der Waals surface area (Å²) in [5, 5.41) is 41.3. The van der Waals surface area contributed by atoms with E-state index in [2.05, 4.69) is 5.32 Å². The van der Waals surface area contributed by atoms with Gasteiger partial charge in [0, 0.05) is 17.8 Å². The maximum Gasteiger partial charge on any atom is 0.306 e. The summed E-state index contributed by atoms with van der Waals surface area (Å²) in [4.78, 5) is 19.7. The van der Waals surface area contributed by atoms with E-state index in [1.54, 1.807) is 12.1 Å². The highest BCUT2D eigenvalue weighted by Crippen LogP contribution is 2.30. The predicted octanol–water partition coefficient (Wildman–Crippen LogP) is 4.82. The van der Waals surface area contributed by atoms with Crippen LogP contribution in [0.15, 0.2) is 66.7 Å². The lowest BCUT2D eigenvalue weighted by Gasteiger charge is -2.08. The summed E-state index contributed by atoms with van der Waals surface area (Å²) >= 11 is 0. The molecule has 0 aliphatic carbocycles. The van der Waals surface area contributed by atoms with Crippen molar-refractivity contribution in [2.24, 2.45) is 0 Å². The highest BCUT2D eigenvalue weighted by Gasteiger charge is 2.17. The summed E-state index contributed by atoms with van der Waals surface area (Å²) in [7, 11) is 0. The van der Waals surface area contributed by atoms with E-state index in [0.29, 0.717) is 5.69 Å². The minimum absolute atomic E-state index is 0.113. The minimum atomic E-state index is -1.08. The monoisotopic (exact) mass is 405 g/mol. The third-order valence-electron chi connectivity index (χ3n) is 3.70. The van der Waals surface area contributed by atoms with Crippen molar-refractivity contribution >= 4 is 22.7 Å². The highest BCUT2D eigenvalue weighted by atomic mass is 19.1. The average molecular weight is 405 g/mol. The molecule has 3 aromatic carbocycles. The molecule has 1 N–H and O–H groups in total. The average Bonchev–Trinajstić information content (AvgIpc) is 2.75.